The van der Waals surface area contributed by atoms with Crippen LogP contribution in [-0.2, 0) is 13.0 Å². The molecule has 1 aliphatic rings. The average Bonchev–Trinajstić information content (AvgIpc) is 3.02. The van der Waals surface area contributed by atoms with Gasteiger partial charge in [0.1, 0.15) is 5.69 Å². The van der Waals surface area contributed by atoms with E-state index in [1.807, 2.05) is 54.3 Å². The minimum absolute atomic E-state index is 0.0969. The smallest absolute Gasteiger partial charge is 0.277 e. The molecule has 28 heavy (non-hydrogen) atoms. The summed E-state index contributed by atoms with van der Waals surface area (Å²) in [5.41, 5.74) is 4.22. The average molecular weight is 393 g/mol. The summed E-state index contributed by atoms with van der Waals surface area (Å²) in [5.74, 6) is 0.312. The van der Waals surface area contributed by atoms with Gasteiger partial charge >= 0.3 is 0 Å². The van der Waals surface area contributed by atoms with Gasteiger partial charge in [-0.15, -0.1) is 0 Å². The summed E-state index contributed by atoms with van der Waals surface area (Å²) in [6.07, 6.45) is 0.851. The number of aryl methyl sites for hydroxylation is 1. The number of halogens is 1. The van der Waals surface area contributed by atoms with Crippen molar-refractivity contribution in [2.45, 2.75) is 32.9 Å². The summed E-state index contributed by atoms with van der Waals surface area (Å²) < 4.78 is 0. The molecule has 0 aliphatic carbocycles. The van der Waals surface area contributed by atoms with Gasteiger partial charge in [-0.1, -0.05) is 48.0 Å². The minimum Gasteiger partial charge on any atom is -0.350 e. The number of carbonyl (C=O) groups is 1. The summed E-state index contributed by atoms with van der Waals surface area (Å²) in [6.45, 7) is 4.41. The summed E-state index contributed by atoms with van der Waals surface area (Å²) in [5, 5.41) is 3.86. The quantitative estimate of drug-likeness (QED) is 0.702. The number of rotatable bonds is 4. The number of fused-ring (bicyclic) bond motifs is 1. The van der Waals surface area contributed by atoms with Crippen molar-refractivity contribution in [3.63, 3.8) is 0 Å². The fourth-order valence-corrected chi connectivity index (χ4v) is 3.77. The van der Waals surface area contributed by atoms with Crippen molar-refractivity contribution in [1.82, 2.24) is 9.97 Å². The van der Waals surface area contributed by atoms with Crippen LogP contribution < -0.4 is 10.2 Å². The van der Waals surface area contributed by atoms with E-state index in [0.29, 0.717) is 23.2 Å². The lowest BCUT2D eigenvalue weighted by Crippen LogP contribution is -2.36. The first-order valence-corrected chi connectivity index (χ1v) is 9.65. The lowest BCUT2D eigenvalue weighted by Gasteiger charge is -2.22. The van der Waals surface area contributed by atoms with Crippen molar-refractivity contribution in [3.05, 3.63) is 82.1 Å². The molecule has 1 N–H and O–H groups in total. The van der Waals surface area contributed by atoms with Crippen molar-refractivity contribution >= 4 is 29.1 Å². The normalized spacial score (nSPS) is 15.4. The van der Waals surface area contributed by atoms with Crippen LogP contribution in [0.2, 0.25) is 5.02 Å². The van der Waals surface area contributed by atoms with Gasteiger partial charge in [0.25, 0.3) is 5.91 Å². The Morgan fingerprint density at radius 2 is 1.93 bits per heavy atom. The molecule has 1 aliphatic heterocycles. The molecule has 0 spiro atoms. The zero-order valence-corrected chi connectivity index (χ0v) is 16.6. The zero-order valence-electron chi connectivity index (χ0n) is 15.8. The Morgan fingerprint density at radius 3 is 2.75 bits per heavy atom. The standard InChI is InChI=1S/C22H21ClN4O/c1-14-11-19(21(28)27-15(2)12-16-7-4-6-10-20(16)27)26-22(25-14)24-13-17-8-3-5-9-18(17)23/h3-11,15H,12-13H2,1-2H3,(H,24,25,26). The van der Waals surface area contributed by atoms with Gasteiger partial charge in [0.2, 0.25) is 5.95 Å². The van der Waals surface area contributed by atoms with Crippen molar-refractivity contribution in [2.75, 3.05) is 10.2 Å². The highest BCUT2D eigenvalue weighted by Crippen LogP contribution is 2.33. The molecule has 0 bridgehead atoms. The molecule has 6 heteroatoms. The van der Waals surface area contributed by atoms with Crippen LogP contribution in [0.25, 0.3) is 0 Å². The number of hydrogen-bond acceptors (Lipinski definition) is 4. The minimum atomic E-state index is -0.108. The Kier molecular flexibility index (Phi) is 5.01. The Hall–Kier alpha value is -2.92. The van der Waals surface area contributed by atoms with E-state index in [9.17, 15) is 4.79 Å². The molecule has 0 radical (unpaired) electrons. The van der Waals surface area contributed by atoms with E-state index < -0.39 is 0 Å². The van der Waals surface area contributed by atoms with Crippen LogP contribution in [0, 0.1) is 6.92 Å². The number of para-hydroxylation sites is 1. The van der Waals surface area contributed by atoms with Crippen LogP contribution in [0.5, 0.6) is 0 Å². The molecule has 0 fully saturated rings. The molecule has 3 aromatic rings. The van der Waals surface area contributed by atoms with Crippen molar-refractivity contribution in [1.29, 1.82) is 0 Å². The van der Waals surface area contributed by atoms with Crippen LogP contribution >= 0.6 is 11.6 Å². The fourth-order valence-electron chi connectivity index (χ4n) is 3.57. The van der Waals surface area contributed by atoms with E-state index in [1.165, 1.54) is 5.56 Å². The molecule has 5 nitrogen and oxygen atoms in total. The van der Waals surface area contributed by atoms with Gasteiger partial charge < -0.3 is 10.2 Å². The van der Waals surface area contributed by atoms with E-state index in [1.54, 1.807) is 6.07 Å². The number of hydrogen-bond donors (Lipinski definition) is 1. The molecule has 1 atom stereocenters. The molecule has 0 saturated carbocycles. The van der Waals surface area contributed by atoms with Gasteiger partial charge in [0.05, 0.1) is 0 Å². The van der Waals surface area contributed by atoms with E-state index in [4.69, 9.17) is 11.6 Å². The number of aromatic nitrogens is 2. The number of amides is 1. The third kappa shape index (κ3) is 3.58. The predicted octanol–water partition coefficient (Wildman–Crippen LogP) is 4.64. The first-order chi connectivity index (χ1) is 13.5. The second-order valence-corrected chi connectivity index (χ2v) is 7.43. The Balaban J connectivity index is 1.59. The van der Waals surface area contributed by atoms with Crippen molar-refractivity contribution < 1.29 is 4.79 Å². The lowest BCUT2D eigenvalue weighted by atomic mass is 10.1. The van der Waals surface area contributed by atoms with Crippen LogP contribution in [0.4, 0.5) is 11.6 Å². The monoisotopic (exact) mass is 392 g/mol. The maximum absolute atomic E-state index is 13.2. The highest BCUT2D eigenvalue weighted by Gasteiger charge is 2.32. The molecule has 2 aromatic carbocycles. The van der Waals surface area contributed by atoms with Crippen LogP contribution in [0.3, 0.4) is 0 Å². The predicted molar refractivity (Wildman–Crippen MR) is 112 cm³/mol. The summed E-state index contributed by atoms with van der Waals surface area (Å²) in [7, 11) is 0. The number of benzene rings is 2. The maximum atomic E-state index is 13.2. The Labute approximate surface area is 169 Å². The van der Waals surface area contributed by atoms with E-state index >= 15 is 0 Å². The van der Waals surface area contributed by atoms with Crippen LogP contribution in [0.15, 0.2) is 54.6 Å². The molecular formula is C22H21ClN4O. The highest BCUT2D eigenvalue weighted by atomic mass is 35.5. The Bertz CT molecular complexity index is 1040. The second-order valence-electron chi connectivity index (χ2n) is 7.02. The fraction of sp³-hybridized carbons (Fsp3) is 0.227. The number of nitrogens with zero attached hydrogens (tertiary/aromatic N) is 3. The van der Waals surface area contributed by atoms with Gasteiger partial charge in [-0.25, -0.2) is 9.97 Å². The van der Waals surface area contributed by atoms with Gasteiger partial charge in [0.15, 0.2) is 0 Å². The van der Waals surface area contributed by atoms with Crippen molar-refractivity contribution in [3.8, 4) is 0 Å². The second kappa shape index (κ2) is 7.60. The lowest BCUT2D eigenvalue weighted by molar-refractivity contribution is 0.0976. The SMILES string of the molecule is Cc1cc(C(=O)N2c3ccccc3CC2C)nc(NCc2ccccc2Cl)n1. The topological polar surface area (TPSA) is 58.1 Å². The largest absolute Gasteiger partial charge is 0.350 e. The molecular weight excluding hydrogens is 372 g/mol. The van der Waals surface area contributed by atoms with Gasteiger partial charge in [-0.3, -0.25) is 4.79 Å². The number of nitrogens with one attached hydrogen (secondary N) is 1. The van der Waals surface area contributed by atoms with Crippen LogP contribution in [0.1, 0.15) is 34.2 Å². The van der Waals surface area contributed by atoms with Gasteiger partial charge in [0, 0.05) is 29.0 Å². The van der Waals surface area contributed by atoms with Gasteiger partial charge in [-0.2, -0.15) is 0 Å². The first kappa shape index (κ1) is 18.4. The van der Waals surface area contributed by atoms with E-state index in [2.05, 4.69) is 28.3 Å². The zero-order chi connectivity index (χ0) is 19.7. The highest BCUT2D eigenvalue weighted by molar-refractivity contribution is 6.31. The Morgan fingerprint density at radius 1 is 1.18 bits per heavy atom. The first-order valence-electron chi connectivity index (χ1n) is 9.27. The van der Waals surface area contributed by atoms with Gasteiger partial charge in [-0.05, 0) is 49.6 Å². The number of anilines is 2. The molecule has 1 unspecified atom stereocenters. The molecule has 0 saturated heterocycles. The molecule has 2 heterocycles. The van der Waals surface area contributed by atoms with E-state index in [-0.39, 0.29) is 11.9 Å². The van der Waals surface area contributed by atoms with Crippen LogP contribution in [-0.4, -0.2) is 21.9 Å². The molecule has 1 aromatic heterocycles. The maximum Gasteiger partial charge on any atom is 0.277 e. The summed E-state index contributed by atoms with van der Waals surface area (Å²) >= 11 is 6.21. The van der Waals surface area contributed by atoms with E-state index in [0.717, 1.165) is 23.4 Å². The summed E-state index contributed by atoms with van der Waals surface area (Å²) in [4.78, 5) is 24.0. The molecule has 1 amide bonds. The molecule has 4 rings (SSSR count). The molecule has 142 valence electrons. The third-order valence-electron chi connectivity index (χ3n) is 4.89. The summed E-state index contributed by atoms with van der Waals surface area (Å²) in [6, 6.07) is 17.5. The third-order valence-corrected chi connectivity index (χ3v) is 5.26. The number of carbonyl (C=O) groups excluding carboxylic acids is 1. The van der Waals surface area contributed by atoms with Crippen molar-refractivity contribution in [2.24, 2.45) is 0 Å².